The molecule has 6 rings (SSSR count). The van der Waals surface area contributed by atoms with E-state index in [4.69, 9.17) is 10.5 Å². The predicted octanol–water partition coefficient (Wildman–Crippen LogP) is 5.82. The highest BCUT2D eigenvalue weighted by molar-refractivity contribution is 7.17. The number of hydrogen-bond acceptors (Lipinski definition) is 7. The number of benzene rings is 1. The van der Waals surface area contributed by atoms with Gasteiger partial charge >= 0.3 is 6.18 Å². The summed E-state index contributed by atoms with van der Waals surface area (Å²) in [5.74, 6) is -0.604. The van der Waals surface area contributed by atoms with Gasteiger partial charge in [0.25, 0.3) is 5.91 Å². The monoisotopic (exact) mass is 637 g/mol. The lowest BCUT2D eigenvalue weighted by Crippen LogP contribution is -2.44. The Morgan fingerprint density at radius 3 is 2.60 bits per heavy atom. The van der Waals surface area contributed by atoms with Crippen LogP contribution >= 0.6 is 11.3 Å². The number of rotatable bonds is 10. The average molecular weight is 638 g/mol. The molecule has 1 saturated heterocycles. The van der Waals surface area contributed by atoms with Gasteiger partial charge in [-0.1, -0.05) is 18.2 Å². The molecule has 4 aromatic heterocycles. The van der Waals surface area contributed by atoms with Crippen LogP contribution in [0.3, 0.4) is 0 Å². The first kappa shape index (κ1) is 30.8. The maximum Gasteiger partial charge on any atom is 0.416 e. The van der Waals surface area contributed by atoms with Crippen LogP contribution in [0.25, 0.3) is 27.3 Å². The van der Waals surface area contributed by atoms with E-state index in [0.717, 1.165) is 74.2 Å². The number of pyridine rings is 1. The van der Waals surface area contributed by atoms with Gasteiger partial charge in [0.05, 0.1) is 28.5 Å². The maximum absolute atomic E-state index is 13.6. The van der Waals surface area contributed by atoms with Crippen LogP contribution in [0.2, 0.25) is 0 Å². The van der Waals surface area contributed by atoms with Gasteiger partial charge in [-0.05, 0) is 50.7 Å². The molecule has 1 amide bonds. The summed E-state index contributed by atoms with van der Waals surface area (Å²) in [6.07, 6.45) is 2.97. The molecule has 0 bridgehead atoms. The number of likely N-dealkylation sites (N-methyl/N-ethyl adjacent to an activating group) is 1. The number of alkyl halides is 3. The number of aryl methyl sites for hydroxylation is 1. The number of fused-ring (bicyclic) bond motifs is 1. The van der Waals surface area contributed by atoms with Crippen molar-refractivity contribution in [2.45, 2.75) is 32.2 Å². The van der Waals surface area contributed by atoms with E-state index in [2.05, 4.69) is 26.9 Å². The number of aromatic nitrogens is 4. The fourth-order valence-electron chi connectivity index (χ4n) is 5.63. The van der Waals surface area contributed by atoms with E-state index in [1.54, 1.807) is 12.3 Å². The van der Waals surface area contributed by atoms with Crippen molar-refractivity contribution in [3.8, 4) is 27.4 Å². The molecule has 1 aromatic carbocycles. The van der Waals surface area contributed by atoms with E-state index >= 15 is 0 Å². The summed E-state index contributed by atoms with van der Waals surface area (Å²) in [6, 6.07) is 10.8. The zero-order valence-electron chi connectivity index (χ0n) is 25.0. The number of carbonyl (C=O) groups excluding carboxylic acids is 1. The molecule has 2 N–H and O–H groups in total. The van der Waals surface area contributed by atoms with Gasteiger partial charge in [-0.3, -0.25) is 13.9 Å². The van der Waals surface area contributed by atoms with Crippen LogP contribution in [-0.4, -0.2) is 74.6 Å². The Morgan fingerprint density at radius 2 is 1.84 bits per heavy atom. The highest BCUT2D eigenvalue weighted by atomic mass is 32.1. The molecule has 0 saturated carbocycles. The molecular weight excluding hydrogens is 603 g/mol. The lowest BCUT2D eigenvalue weighted by molar-refractivity contribution is -0.139. The third kappa shape index (κ3) is 6.75. The summed E-state index contributed by atoms with van der Waals surface area (Å²) in [4.78, 5) is 22.5. The fourth-order valence-corrected chi connectivity index (χ4v) is 6.58. The predicted molar refractivity (Wildman–Crippen MR) is 167 cm³/mol. The molecule has 0 spiro atoms. The number of piperazine rings is 1. The van der Waals surface area contributed by atoms with Crippen molar-refractivity contribution in [2.24, 2.45) is 5.73 Å². The third-order valence-electron chi connectivity index (χ3n) is 8.12. The number of imidazole rings is 1. The number of nitrogens with zero attached hydrogens (tertiary/aromatic N) is 6. The van der Waals surface area contributed by atoms with Gasteiger partial charge in [-0.2, -0.15) is 18.3 Å². The topological polar surface area (TPSA) is 93.9 Å². The summed E-state index contributed by atoms with van der Waals surface area (Å²) in [5, 5.41) is 4.56. The van der Waals surface area contributed by atoms with Crippen LogP contribution in [0, 0.1) is 0 Å². The second-order valence-electron chi connectivity index (χ2n) is 11.3. The largest absolute Gasteiger partial charge is 0.484 e. The molecule has 236 valence electrons. The van der Waals surface area contributed by atoms with Crippen LogP contribution in [-0.2, 0) is 12.7 Å². The Labute approximate surface area is 262 Å². The van der Waals surface area contributed by atoms with E-state index in [1.165, 1.54) is 25.1 Å². The van der Waals surface area contributed by atoms with Gasteiger partial charge in [0.2, 0.25) is 0 Å². The molecule has 1 unspecified atom stereocenters. The average Bonchev–Trinajstić information content (AvgIpc) is 3.76. The number of ether oxygens (including phenoxy) is 1. The summed E-state index contributed by atoms with van der Waals surface area (Å²) in [6.45, 7) is 7.83. The molecule has 1 fully saturated rings. The summed E-state index contributed by atoms with van der Waals surface area (Å²) in [7, 11) is 2.16. The van der Waals surface area contributed by atoms with E-state index in [0.29, 0.717) is 16.2 Å². The smallest absolute Gasteiger partial charge is 0.416 e. The van der Waals surface area contributed by atoms with Gasteiger partial charge in [-0.15, -0.1) is 11.3 Å². The lowest BCUT2D eigenvalue weighted by atomic mass is 10.0. The standard InChI is InChI=1S/C32H34F3N7O2S/c1-21(24-6-3-4-7-25(24)32(33,34)35)44-27-17-28(45-30(27)31(36)43)26-19-37-29-16-22(8-11-42(26)29)23-18-38-41(20-23)10-5-9-40-14-12-39(2)13-15-40/h3-4,6-8,11,16-21H,5,9-10,12-15H2,1-2H3,(H2,36,43). The second kappa shape index (κ2) is 12.7. The maximum atomic E-state index is 13.6. The number of thiophene rings is 1. The van der Waals surface area contributed by atoms with Crippen molar-refractivity contribution in [3.05, 3.63) is 83.3 Å². The zero-order chi connectivity index (χ0) is 31.7. The molecule has 45 heavy (non-hydrogen) atoms. The minimum Gasteiger partial charge on any atom is -0.484 e. The van der Waals surface area contributed by atoms with E-state index in [-0.39, 0.29) is 16.2 Å². The summed E-state index contributed by atoms with van der Waals surface area (Å²) >= 11 is 1.11. The van der Waals surface area contributed by atoms with Crippen molar-refractivity contribution >= 4 is 22.9 Å². The quantitative estimate of drug-likeness (QED) is 0.208. The Hall–Kier alpha value is -4.20. The number of primary amides is 1. The minimum absolute atomic E-state index is 0.0335. The van der Waals surface area contributed by atoms with Crippen LogP contribution in [0.4, 0.5) is 13.2 Å². The molecule has 0 aliphatic carbocycles. The van der Waals surface area contributed by atoms with Crippen molar-refractivity contribution in [1.29, 1.82) is 0 Å². The normalized spacial score (nSPS) is 15.5. The number of halogens is 3. The number of amides is 1. The van der Waals surface area contributed by atoms with Crippen LogP contribution < -0.4 is 10.5 Å². The SMILES string of the molecule is CC(Oc1cc(-c2cnc3cc(-c4cnn(CCCN5CCN(C)CC5)c4)ccn23)sc1C(N)=O)c1ccccc1C(F)(F)F. The molecule has 13 heteroatoms. The minimum atomic E-state index is -4.54. The Morgan fingerprint density at radius 1 is 1.07 bits per heavy atom. The molecule has 5 heterocycles. The third-order valence-corrected chi connectivity index (χ3v) is 9.27. The van der Waals surface area contributed by atoms with Crippen LogP contribution in [0.15, 0.2) is 67.3 Å². The first-order chi connectivity index (χ1) is 21.6. The first-order valence-electron chi connectivity index (χ1n) is 14.7. The van der Waals surface area contributed by atoms with Crippen molar-refractivity contribution < 1.29 is 22.7 Å². The molecule has 5 aromatic rings. The Bertz CT molecular complexity index is 1800. The number of carbonyl (C=O) groups is 1. The molecule has 0 radical (unpaired) electrons. The van der Waals surface area contributed by atoms with E-state index in [1.807, 2.05) is 39.8 Å². The lowest BCUT2D eigenvalue weighted by Gasteiger charge is -2.32. The van der Waals surface area contributed by atoms with Gasteiger partial charge < -0.3 is 20.3 Å². The van der Waals surface area contributed by atoms with Gasteiger partial charge in [0.15, 0.2) is 0 Å². The van der Waals surface area contributed by atoms with E-state index in [9.17, 15) is 18.0 Å². The van der Waals surface area contributed by atoms with Crippen molar-refractivity contribution in [2.75, 3.05) is 39.8 Å². The molecule has 9 nitrogen and oxygen atoms in total. The molecular formula is C32H34F3N7O2S. The van der Waals surface area contributed by atoms with Crippen LogP contribution in [0.1, 0.15) is 40.2 Å². The Balaban J connectivity index is 1.18. The Kier molecular flexibility index (Phi) is 8.67. The van der Waals surface area contributed by atoms with Crippen molar-refractivity contribution in [3.63, 3.8) is 0 Å². The molecule has 1 aliphatic rings. The summed E-state index contributed by atoms with van der Waals surface area (Å²) < 4.78 is 50.6. The fraction of sp³-hybridized carbons (Fsp3) is 0.344. The second-order valence-corrected chi connectivity index (χ2v) is 12.3. The zero-order valence-corrected chi connectivity index (χ0v) is 25.8. The van der Waals surface area contributed by atoms with Gasteiger partial charge in [0.1, 0.15) is 22.4 Å². The molecule has 1 aliphatic heterocycles. The highest BCUT2D eigenvalue weighted by Crippen LogP contribution is 2.40. The van der Waals surface area contributed by atoms with Crippen molar-refractivity contribution in [1.82, 2.24) is 29.0 Å². The molecule has 1 atom stereocenters. The summed E-state index contributed by atoms with van der Waals surface area (Å²) in [5.41, 5.74) is 8.16. The van der Waals surface area contributed by atoms with Gasteiger partial charge in [-0.25, -0.2) is 4.98 Å². The van der Waals surface area contributed by atoms with Crippen LogP contribution in [0.5, 0.6) is 5.75 Å². The first-order valence-corrected chi connectivity index (χ1v) is 15.6. The number of nitrogens with two attached hydrogens (primary N) is 1. The van der Waals surface area contributed by atoms with Gasteiger partial charge in [0, 0.05) is 62.3 Å². The van der Waals surface area contributed by atoms with E-state index < -0.39 is 23.8 Å². The highest BCUT2D eigenvalue weighted by Gasteiger charge is 2.35. The number of hydrogen-bond donors (Lipinski definition) is 1.